The second kappa shape index (κ2) is 5.09. The standard InChI is InChI=1S/C6H5IO.K/c7-5-3-1-2-4-6(5)8;/h1-4,8H;/q;+1/p-1. The molecule has 0 heterocycles. The molecule has 1 rings (SSSR count). The molecule has 0 aliphatic carbocycles. The average Bonchev–Trinajstić information content (AvgIpc) is 1.77. The van der Waals surface area contributed by atoms with Gasteiger partial charge in [0.1, 0.15) is 0 Å². The molecule has 0 N–H and O–H groups in total. The summed E-state index contributed by atoms with van der Waals surface area (Å²) in [5, 5.41) is 10.6. The van der Waals surface area contributed by atoms with E-state index < -0.39 is 0 Å². The molecule has 0 unspecified atom stereocenters. The van der Waals surface area contributed by atoms with Crippen LogP contribution >= 0.6 is 22.6 Å². The van der Waals surface area contributed by atoms with Gasteiger partial charge < -0.3 is 5.11 Å². The molecule has 0 spiro atoms. The third-order valence-corrected chi connectivity index (χ3v) is 1.73. The van der Waals surface area contributed by atoms with Crippen molar-refractivity contribution in [2.24, 2.45) is 0 Å². The number of hydrogen-bond acceptors (Lipinski definition) is 1. The molecule has 0 bridgehead atoms. The van der Waals surface area contributed by atoms with Crippen molar-refractivity contribution in [3.05, 3.63) is 27.8 Å². The summed E-state index contributed by atoms with van der Waals surface area (Å²) < 4.78 is 0.783. The second-order valence-corrected chi connectivity index (χ2v) is 2.59. The molecule has 1 aromatic rings. The fourth-order valence-electron chi connectivity index (χ4n) is 0.445. The van der Waals surface area contributed by atoms with Gasteiger partial charge in [-0.05, 0) is 28.7 Å². The van der Waals surface area contributed by atoms with Crippen LogP contribution in [0.1, 0.15) is 0 Å². The number of benzene rings is 1. The van der Waals surface area contributed by atoms with Crippen molar-refractivity contribution >= 4 is 22.6 Å². The van der Waals surface area contributed by atoms with Gasteiger partial charge in [0, 0.05) is 3.57 Å². The maximum Gasteiger partial charge on any atom is 1.00 e. The summed E-state index contributed by atoms with van der Waals surface area (Å²) in [5.74, 6) is 0.105. The van der Waals surface area contributed by atoms with Gasteiger partial charge in [-0.25, -0.2) is 0 Å². The molecule has 0 saturated carbocycles. The van der Waals surface area contributed by atoms with Crippen LogP contribution in [0.4, 0.5) is 0 Å². The molecular formula is C6H4IKO. The van der Waals surface area contributed by atoms with Crippen molar-refractivity contribution < 1.29 is 56.5 Å². The summed E-state index contributed by atoms with van der Waals surface area (Å²) in [6, 6.07) is 6.94. The Labute approximate surface area is 110 Å². The van der Waals surface area contributed by atoms with Crippen LogP contribution in [0.2, 0.25) is 0 Å². The van der Waals surface area contributed by atoms with Gasteiger partial charge in [0.2, 0.25) is 0 Å². The molecular weight excluding hydrogens is 254 g/mol. The molecule has 0 amide bonds. The summed E-state index contributed by atoms with van der Waals surface area (Å²) in [5.41, 5.74) is 0. The Balaban J connectivity index is 0.000000640. The van der Waals surface area contributed by atoms with E-state index in [0.717, 1.165) is 3.57 Å². The summed E-state index contributed by atoms with van der Waals surface area (Å²) in [6.07, 6.45) is 0. The van der Waals surface area contributed by atoms with E-state index in [9.17, 15) is 5.11 Å². The van der Waals surface area contributed by atoms with Crippen LogP contribution < -0.4 is 56.5 Å². The molecule has 0 aromatic heterocycles. The quantitative estimate of drug-likeness (QED) is 0.405. The first-order chi connectivity index (χ1) is 3.80. The predicted octanol–water partition coefficient (Wildman–Crippen LogP) is -1.63. The van der Waals surface area contributed by atoms with Crippen molar-refractivity contribution in [2.75, 3.05) is 0 Å². The van der Waals surface area contributed by atoms with Gasteiger partial charge >= 0.3 is 51.4 Å². The topological polar surface area (TPSA) is 23.1 Å². The first kappa shape index (κ1) is 10.4. The number of rotatable bonds is 0. The average molecular weight is 258 g/mol. The maximum atomic E-state index is 10.6. The molecule has 42 valence electrons. The van der Waals surface area contributed by atoms with Crippen molar-refractivity contribution in [3.8, 4) is 5.75 Å². The van der Waals surface area contributed by atoms with Crippen molar-refractivity contribution in [2.45, 2.75) is 0 Å². The van der Waals surface area contributed by atoms with E-state index in [1.807, 2.05) is 28.7 Å². The van der Waals surface area contributed by atoms with Gasteiger partial charge in [-0.15, -0.1) is 0 Å². The van der Waals surface area contributed by atoms with Gasteiger partial charge in [-0.2, -0.15) is 0 Å². The SMILES string of the molecule is [K+].[O-]c1ccccc1I. The first-order valence-electron chi connectivity index (χ1n) is 2.22. The van der Waals surface area contributed by atoms with Gasteiger partial charge in [-0.1, -0.05) is 23.9 Å². The van der Waals surface area contributed by atoms with Crippen LogP contribution in [0.15, 0.2) is 24.3 Å². The van der Waals surface area contributed by atoms with Crippen LogP contribution in [-0.4, -0.2) is 0 Å². The third kappa shape index (κ3) is 3.34. The Morgan fingerprint density at radius 3 is 2.11 bits per heavy atom. The van der Waals surface area contributed by atoms with Crippen LogP contribution in [-0.2, 0) is 0 Å². The number of halogens is 1. The van der Waals surface area contributed by atoms with E-state index in [4.69, 9.17) is 0 Å². The second-order valence-electron chi connectivity index (χ2n) is 1.43. The normalized spacial score (nSPS) is 8.11. The van der Waals surface area contributed by atoms with Gasteiger partial charge in [0.15, 0.2) is 0 Å². The minimum Gasteiger partial charge on any atom is -0.872 e. The molecule has 0 atom stereocenters. The van der Waals surface area contributed by atoms with Crippen molar-refractivity contribution in [3.63, 3.8) is 0 Å². The zero-order chi connectivity index (χ0) is 5.98. The van der Waals surface area contributed by atoms with Crippen LogP contribution in [0.5, 0.6) is 5.75 Å². The molecule has 0 aliphatic heterocycles. The minimum absolute atomic E-state index is 0. The summed E-state index contributed by atoms with van der Waals surface area (Å²) in [6.45, 7) is 0. The zero-order valence-electron chi connectivity index (χ0n) is 5.10. The van der Waals surface area contributed by atoms with Gasteiger partial charge in [0.25, 0.3) is 0 Å². The Morgan fingerprint density at radius 1 is 1.22 bits per heavy atom. The molecule has 0 aliphatic rings. The molecule has 9 heavy (non-hydrogen) atoms. The Bertz CT molecular complexity index is 169. The monoisotopic (exact) mass is 258 g/mol. The third-order valence-electron chi connectivity index (χ3n) is 0.837. The Morgan fingerprint density at radius 2 is 1.78 bits per heavy atom. The van der Waals surface area contributed by atoms with E-state index in [1.165, 1.54) is 0 Å². The van der Waals surface area contributed by atoms with E-state index in [-0.39, 0.29) is 57.1 Å². The smallest absolute Gasteiger partial charge is 0.872 e. The predicted molar refractivity (Wildman–Crippen MR) is 38.6 cm³/mol. The van der Waals surface area contributed by atoms with E-state index in [1.54, 1.807) is 18.2 Å². The molecule has 1 nitrogen and oxygen atoms in total. The van der Waals surface area contributed by atoms with E-state index >= 15 is 0 Å². The fourth-order valence-corrected chi connectivity index (χ4v) is 0.832. The van der Waals surface area contributed by atoms with Crippen LogP contribution in [0, 0.1) is 3.57 Å². The van der Waals surface area contributed by atoms with Gasteiger partial charge in [0.05, 0.1) is 0 Å². The molecule has 1 aromatic carbocycles. The Hall–Kier alpha value is 1.39. The molecule has 0 fully saturated rings. The van der Waals surface area contributed by atoms with Crippen molar-refractivity contribution in [1.82, 2.24) is 0 Å². The summed E-state index contributed by atoms with van der Waals surface area (Å²) in [7, 11) is 0. The first-order valence-corrected chi connectivity index (χ1v) is 3.30. The summed E-state index contributed by atoms with van der Waals surface area (Å²) in [4.78, 5) is 0. The maximum absolute atomic E-state index is 10.6. The summed E-state index contributed by atoms with van der Waals surface area (Å²) >= 11 is 2.01. The number of para-hydroxylation sites is 1. The largest absolute Gasteiger partial charge is 1.00 e. The van der Waals surface area contributed by atoms with E-state index in [2.05, 4.69) is 0 Å². The van der Waals surface area contributed by atoms with Gasteiger partial charge in [-0.3, -0.25) is 0 Å². The fraction of sp³-hybridized carbons (Fsp3) is 0. The van der Waals surface area contributed by atoms with Crippen LogP contribution in [0.3, 0.4) is 0 Å². The Kier molecular flexibility index (Phi) is 5.88. The number of hydrogen-bond donors (Lipinski definition) is 0. The van der Waals surface area contributed by atoms with Crippen LogP contribution in [0.25, 0.3) is 0 Å². The molecule has 0 radical (unpaired) electrons. The molecule has 0 saturated heterocycles. The zero-order valence-corrected chi connectivity index (χ0v) is 10.4. The minimum atomic E-state index is 0. The van der Waals surface area contributed by atoms with E-state index in [0.29, 0.717) is 0 Å². The van der Waals surface area contributed by atoms with Crippen molar-refractivity contribution in [1.29, 1.82) is 0 Å². The molecule has 3 heteroatoms.